The Morgan fingerprint density at radius 1 is 1.15 bits per heavy atom. The molecule has 0 radical (unpaired) electrons. The van der Waals surface area contributed by atoms with E-state index in [1.54, 1.807) is 0 Å². The van der Waals surface area contributed by atoms with Crippen LogP contribution < -0.4 is 5.73 Å². The summed E-state index contributed by atoms with van der Waals surface area (Å²) in [7, 11) is 0. The highest BCUT2D eigenvalue weighted by Gasteiger charge is 2.43. The number of ketones is 1. The first kappa shape index (κ1) is 16.4. The van der Waals surface area contributed by atoms with E-state index in [-0.39, 0.29) is 17.1 Å². The highest BCUT2D eigenvalue weighted by molar-refractivity contribution is 6.01. The van der Waals surface area contributed by atoms with Gasteiger partial charge in [0.2, 0.25) is 5.88 Å². The molecule has 1 atom stereocenters. The first-order valence-electron chi connectivity index (χ1n) is 8.73. The van der Waals surface area contributed by atoms with Gasteiger partial charge < -0.3 is 10.5 Å². The summed E-state index contributed by atoms with van der Waals surface area (Å²) in [5, 5.41) is 11.8. The van der Waals surface area contributed by atoms with Gasteiger partial charge in [-0.05, 0) is 21.8 Å². The summed E-state index contributed by atoms with van der Waals surface area (Å²) in [5.41, 5.74) is 7.74. The number of benzene rings is 2. The maximum absolute atomic E-state index is 13.0. The first-order valence-corrected chi connectivity index (χ1v) is 8.73. The van der Waals surface area contributed by atoms with Crippen LogP contribution in [0.4, 0.5) is 0 Å². The van der Waals surface area contributed by atoms with Crippen LogP contribution in [0, 0.1) is 16.7 Å². The minimum absolute atomic E-state index is 0.0365. The first-order chi connectivity index (χ1) is 12.4. The molecule has 0 aromatic heterocycles. The maximum atomic E-state index is 13.0. The van der Waals surface area contributed by atoms with Crippen molar-refractivity contribution in [3.63, 3.8) is 0 Å². The van der Waals surface area contributed by atoms with Crippen molar-refractivity contribution in [3.8, 4) is 6.07 Å². The largest absolute Gasteiger partial charge is 0.444 e. The molecule has 1 aliphatic carbocycles. The number of allylic oxidation sites excluding steroid dienone is 3. The van der Waals surface area contributed by atoms with Gasteiger partial charge >= 0.3 is 0 Å². The van der Waals surface area contributed by atoms with Crippen molar-refractivity contribution in [2.75, 3.05) is 0 Å². The average Bonchev–Trinajstić information content (AvgIpc) is 2.59. The Morgan fingerprint density at radius 3 is 2.65 bits per heavy atom. The van der Waals surface area contributed by atoms with Crippen LogP contribution in [-0.4, -0.2) is 5.78 Å². The van der Waals surface area contributed by atoms with Gasteiger partial charge in [-0.1, -0.05) is 56.3 Å². The molecule has 4 nitrogen and oxygen atoms in total. The molecular weight excluding hydrogens is 324 g/mol. The Morgan fingerprint density at radius 2 is 1.88 bits per heavy atom. The van der Waals surface area contributed by atoms with Crippen molar-refractivity contribution in [1.82, 2.24) is 0 Å². The molecule has 0 amide bonds. The Hall–Kier alpha value is -3.06. The molecule has 2 aliphatic rings. The second-order valence-electron chi connectivity index (χ2n) is 7.77. The number of carbonyl (C=O) groups is 1. The number of hydrogen-bond donors (Lipinski definition) is 1. The van der Waals surface area contributed by atoms with Crippen molar-refractivity contribution < 1.29 is 9.53 Å². The second kappa shape index (κ2) is 5.74. The van der Waals surface area contributed by atoms with E-state index in [1.165, 1.54) is 0 Å². The zero-order chi connectivity index (χ0) is 18.5. The summed E-state index contributed by atoms with van der Waals surface area (Å²) >= 11 is 0. The molecule has 1 aliphatic heterocycles. The molecule has 130 valence electrons. The third-order valence-corrected chi connectivity index (χ3v) is 5.21. The lowest BCUT2D eigenvalue weighted by atomic mass is 9.70. The number of nitrogens with two attached hydrogens (primary N) is 1. The predicted molar refractivity (Wildman–Crippen MR) is 99.6 cm³/mol. The van der Waals surface area contributed by atoms with Crippen molar-refractivity contribution in [3.05, 3.63) is 70.8 Å². The molecule has 0 saturated carbocycles. The van der Waals surface area contributed by atoms with Crippen molar-refractivity contribution in [2.24, 2.45) is 11.1 Å². The second-order valence-corrected chi connectivity index (χ2v) is 7.77. The molecule has 0 unspecified atom stereocenters. The molecule has 4 rings (SSSR count). The van der Waals surface area contributed by atoms with E-state index in [0.29, 0.717) is 29.7 Å². The van der Waals surface area contributed by atoms with E-state index in [4.69, 9.17) is 10.5 Å². The fraction of sp³-hybridized carbons (Fsp3) is 0.273. The summed E-state index contributed by atoms with van der Waals surface area (Å²) in [6.45, 7) is 4.09. The molecular formula is C22H20N2O2. The van der Waals surface area contributed by atoms with Crippen molar-refractivity contribution >= 4 is 16.6 Å². The smallest absolute Gasteiger partial charge is 0.205 e. The predicted octanol–water partition coefficient (Wildman–Crippen LogP) is 4.29. The minimum atomic E-state index is -0.474. The quantitative estimate of drug-likeness (QED) is 0.837. The summed E-state index contributed by atoms with van der Waals surface area (Å²) < 4.78 is 5.76. The lowest BCUT2D eigenvalue weighted by Crippen LogP contribution is -2.33. The van der Waals surface area contributed by atoms with Gasteiger partial charge in [0.25, 0.3) is 0 Å². The Labute approximate surface area is 152 Å². The number of nitriles is 1. The molecule has 2 aromatic rings. The number of hydrogen-bond acceptors (Lipinski definition) is 4. The molecule has 0 fully saturated rings. The van der Waals surface area contributed by atoms with Gasteiger partial charge in [0, 0.05) is 18.4 Å². The molecule has 1 heterocycles. The third kappa shape index (κ3) is 2.48. The van der Waals surface area contributed by atoms with Gasteiger partial charge in [0.05, 0.1) is 5.92 Å². The Kier molecular flexibility index (Phi) is 3.62. The monoisotopic (exact) mass is 344 g/mol. The van der Waals surface area contributed by atoms with Crippen LogP contribution in [0.1, 0.15) is 38.2 Å². The summed E-state index contributed by atoms with van der Waals surface area (Å²) in [5.74, 6) is 0.281. The van der Waals surface area contributed by atoms with Gasteiger partial charge in [-0.2, -0.15) is 5.26 Å². The lowest BCUT2D eigenvalue weighted by Gasteiger charge is -2.37. The summed E-state index contributed by atoms with van der Waals surface area (Å²) in [6.07, 6.45) is 1.07. The van der Waals surface area contributed by atoms with E-state index in [0.717, 1.165) is 16.3 Å². The van der Waals surface area contributed by atoms with E-state index < -0.39 is 5.92 Å². The molecule has 4 heteroatoms. The van der Waals surface area contributed by atoms with Gasteiger partial charge in [0.15, 0.2) is 5.78 Å². The van der Waals surface area contributed by atoms with Gasteiger partial charge in [-0.25, -0.2) is 0 Å². The van der Waals surface area contributed by atoms with Crippen LogP contribution in [0.5, 0.6) is 0 Å². The van der Waals surface area contributed by atoms with Crippen molar-refractivity contribution in [1.29, 1.82) is 5.26 Å². The van der Waals surface area contributed by atoms with Gasteiger partial charge in [-0.15, -0.1) is 0 Å². The van der Waals surface area contributed by atoms with Gasteiger partial charge in [-0.3, -0.25) is 4.79 Å². The number of rotatable bonds is 1. The standard InChI is InChI=1S/C22H20N2O2/c1-22(2)10-17(25)20-18(11-22)26-21(24)16(12-23)19(20)15-9-5-7-13-6-3-4-8-14(13)15/h3-9,19H,10-11,24H2,1-2H3/t19-/m1/s1. The molecule has 0 saturated heterocycles. The highest BCUT2D eigenvalue weighted by Crippen LogP contribution is 2.48. The van der Waals surface area contributed by atoms with E-state index in [9.17, 15) is 10.1 Å². The lowest BCUT2D eigenvalue weighted by molar-refractivity contribution is -0.119. The molecule has 26 heavy (non-hydrogen) atoms. The van der Waals surface area contributed by atoms with E-state index >= 15 is 0 Å². The van der Waals surface area contributed by atoms with Crippen molar-refractivity contribution in [2.45, 2.75) is 32.6 Å². The fourth-order valence-corrected chi connectivity index (χ4v) is 4.10. The van der Waals surface area contributed by atoms with Gasteiger partial charge in [0.1, 0.15) is 17.4 Å². The zero-order valence-corrected chi connectivity index (χ0v) is 14.9. The highest BCUT2D eigenvalue weighted by atomic mass is 16.5. The molecule has 0 spiro atoms. The minimum Gasteiger partial charge on any atom is -0.444 e. The maximum Gasteiger partial charge on any atom is 0.205 e. The fourth-order valence-electron chi connectivity index (χ4n) is 4.10. The third-order valence-electron chi connectivity index (χ3n) is 5.21. The van der Waals surface area contributed by atoms with Crippen LogP contribution in [0.3, 0.4) is 0 Å². The number of ether oxygens (including phenoxy) is 1. The molecule has 0 bridgehead atoms. The summed E-state index contributed by atoms with van der Waals surface area (Å²) in [4.78, 5) is 13.0. The normalized spacial score (nSPS) is 22.0. The number of nitrogens with zero attached hydrogens (tertiary/aromatic N) is 1. The number of carbonyl (C=O) groups excluding carboxylic acids is 1. The van der Waals surface area contributed by atoms with E-state index in [2.05, 4.69) is 6.07 Å². The van der Waals surface area contributed by atoms with Crippen LogP contribution in [0.15, 0.2) is 65.3 Å². The average molecular weight is 344 g/mol. The topological polar surface area (TPSA) is 76.1 Å². The summed E-state index contributed by atoms with van der Waals surface area (Å²) in [6, 6.07) is 16.1. The number of fused-ring (bicyclic) bond motifs is 1. The Balaban J connectivity index is 1.99. The SMILES string of the molecule is CC1(C)CC(=O)C2=C(C1)OC(N)=C(C#N)[C@H]2c1cccc2ccccc12. The van der Waals surface area contributed by atoms with E-state index in [1.807, 2.05) is 56.3 Å². The Bertz CT molecular complexity index is 1030. The van der Waals surface area contributed by atoms with Crippen LogP contribution in [-0.2, 0) is 9.53 Å². The number of Topliss-reactive ketones (excluding diaryl/α,β-unsaturated/α-hetero) is 1. The molecule has 2 aromatic carbocycles. The van der Waals surface area contributed by atoms with Crippen LogP contribution >= 0.6 is 0 Å². The van der Waals surface area contributed by atoms with Crippen LogP contribution in [0.2, 0.25) is 0 Å². The zero-order valence-electron chi connectivity index (χ0n) is 14.9. The van der Waals surface area contributed by atoms with Crippen LogP contribution in [0.25, 0.3) is 10.8 Å². The molecule has 2 N–H and O–H groups in total.